The Kier molecular flexibility index (Phi) is 7.33. The Morgan fingerprint density at radius 1 is 1.39 bits per heavy atom. The molecule has 1 aliphatic rings. The molecule has 9 nitrogen and oxygen atoms in total. The van der Waals surface area contributed by atoms with Gasteiger partial charge in [-0.05, 0) is 31.9 Å². The van der Waals surface area contributed by atoms with E-state index in [1.807, 2.05) is 0 Å². The number of nitro benzene ring substituents is 1. The molecule has 0 spiro atoms. The highest BCUT2D eigenvalue weighted by Gasteiger charge is 2.31. The maximum Gasteiger partial charge on any atom is 0.310 e. The zero-order valence-corrected chi connectivity index (χ0v) is 16.5. The van der Waals surface area contributed by atoms with Crippen molar-refractivity contribution in [3.8, 4) is 0 Å². The van der Waals surface area contributed by atoms with Crippen LogP contribution < -0.4 is 0 Å². The molecular formula is C18H22ClN3O6. The average Bonchev–Trinajstić information content (AvgIpc) is 2.67. The summed E-state index contributed by atoms with van der Waals surface area (Å²) in [5, 5.41) is 11.3. The van der Waals surface area contributed by atoms with E-state index in [1.165, 1.54) is 24.1 Å². The molecule has 1 fully saturated rings. The number of rotatable bonds is 6. The van der Waals surface area contributed by atoms with Crippen LogP contribution >= 0.6 is 11.6 Å². The molecule has 0 radical (unpaired) electrons. The second kappa shape index (κ2) is 9.50. The van der Waals surface area contributed by atoms with Crippen LogP contribution in [0.5, 0.6) is 0 Å². The Morgan fingerprint density at radius 2 is 2.11 bits per heavy atom. The number of benzene rings is 1. The highest BCUT2D eigenvalue weighted by molar-refractivity contribution is 6.31. The summed E-state index contributed by atoms with van der Waals surface area (Å²) in [5.41, 5.74) is -0.565. The van der Waals surface area contributed by atoms with Crippen LogP contribution in [0.15, 0.2) is 18.2 Å². The third-order valence-electron chi connectivity index (χ3n) is 4.50. The molecule has 1 aromatic rings. The van der Waals surface area contributed by atoms with Gasteiger partial charge in [-0.3, -0.25) is 24.5 Å². The molecule has 0 saturated carbocycles. The first-order chi connectivity index (χ1) is 13.2. The van der Waals surface area contributed by atoms with E-state index >= 15 is 0 Å². The highest BCUT2D eigenvalue weighted by atomic mass is 35.5. The number of nitrogens with zero attached hydrogens (tertiary/aromatic N) is 3. The molecule has 0 aliphatic carbocycles. The lowest BCUT2D eigenvalue weighted by molar-refractivity contribution is -0.385. The number of carbonyl (C=O) groups excluding carboxylic acids is 3. The maximum absolute atomic E-state index is 12.6. The van der Waals surface area contributed by atoms with Gasteiger partial charge in [0.05, 0.1) is 24.0 Å². The van der Waals surface area contributed by atoms with Crippen molar-refractivity contribution in [1.82, 2.24) is 9.80 Å². The molecule has 1 atom stereocenters. The summed E-state index contributed by atoms with van der Waals surface area (Å²) in [6.45, 7) is 2.47. The number of likely N-dealkylation sites (tertiary alicyclic amines) is 1. The maximum atomic E-state index is 12.6. The molecule has 1 aliphatic heterocycles. The molecule has 1 saturated heterocycles. The number of halogens is 1. The summed E-state index contributed by atoms with van der Waals surface area (Å²) in [7, 11) is 1.39. The van der Waals surface area contributed by atoms with Crippen LogP contribution in [-0.2, 0) is 14.3 Å². The van der Waals surface area contributed by atoms with E-state index < -0.39 is 16.5 Å². The normalized spacial score (nSPS) is 16.4. The lowest BCUT2D eigenvalue weighted by Crippen LogP contribution is -2.47. The van der Waals surface area contributed by atoms with Crippen molar-refractivity contribution in [2.45, 2.75) is 19.8 Å². The Morgan fingerprint density at radius 3 is 2.75 bits per heavy atom. The van der Waals surface area contributed by atoms with Crippen molar-refractivity contribution in [3.05, 3.63) is 38.9 Å². The van der Waals surface area contributed by atoms with Gasteiger partial charge in [0.15, 0.2) is 0 Å². The summed E-state index contributed by atoms with van der Waals surface area (Å²) < 4.78 is 5.02. The number of ether oxygens (including phenoxy) is 1. The Bertz CT molecular complexity index is 785. The van der Waals surface area contributed by atoms with E-state index in [2.05, 4.69) is 0 Å². The van der Waals surface area contributed by atoms with Crippen LogP contribution in [0.25, 0.3) is 0 Å². The number of esters is 1. The second-order valence-corrected chi connectivity index (χ2v) is 6.95. The minimum absolute atomic E-state index is 0.139. The van der Waals surface area contributed by atoms with Crippen molar-refractivity contribution in [2.24, 2.45) is 5.92 Å². The first-order valence-electron chi connectivity index (χ1n) is 8.88. The van der Waals surface area contributed by atoms with Gasteiger partial charge in [0.1, 0.15) is 5.56 Å². The number of hydrogen-bond acceptors (Lipinski definition) is 6. The molecular weight excluding hydrogens is 390 g/mol. The first kappa shape index (κ1) is 21.6. The number of carbonyl (C=O) groups is 3. The van der Waals surface area contributed by atoms with Gasteiger partial charge in [-0.25, -0.2) is 0 Å². The van der Waals surface area contributed by atoms with Crippen LogP contribution in [0.3, 0.4) is 0 Å². The Hall–Kier alpha value is -2.68. The van der Waals surface area contributed by atoms with Gasteiger partial charge in [-0.15, -0.1) is 0 Å². The number of likely N-dealkylation sites (N-methyl/N-ethyl adjacent to an activating group) is 1. The fourth-order valence-corrected chi connectivity index (χ4v) is 3.24. The van der Waals surface area contributed by atoms with Gasteiger partial charge in [0, 0.05) is 31.2 Å². The third kappa shape index (κ3) is 5.19. The first-order valence-corrected chi connectivity index (χ1v) is 9.26. The van der Waals surface area contributed by atoms with Gasteiger partial charge in [-0.2, -0.15) is 0 Å². The van der Waals surface area contributed by atoms with E-state index in [0.29, 0.717) is 19.4 Å². The Labute approximate surface area is 167 Å². The molecule has 2 amide bonds. The van der Waals surface area contributed by atoms with Gasteiger partial charge < -0.3 is 14.5 Å². The minimum Gasteiger partial charge on any atom is -0.466 e. The van der Waals surface area contributed by atoms with Crippen molar-refractivity contribution < 1.29 is 24.0 Å². The van der Waals surface area contributed by atoms with Crippen LogP contribution in [-0.4, -0.2) is 65.8 Å². The molecule has 0 N–H and O–H groups in total. The largest absolute Gasteiger partial charge is 0.466 e. The smallest absolute Gasteiger partial charge is 0.310 e. The monoisotopic (exact) mass is 411 g/mol. The molecule has 1 unspecified atom stereocenters. The molecule has 10 heteroatoms. The molecule has 0 aromatic heterocycles. The number of hydrogen-bond donors (Lipinski definition) is 0. The predicted molar refractivity (Wildman–Crippen MR) is 101 cm³/mol. The number of amides is 2. The zero-order valence-electron chi connectivity index (χ0n) is 15.7. The SMILES string of the molecule is CCOC(=O)C1CCCN(C(=O)CN(C)C(=O)c2ccc(Cl)cc2[N+](=O)[O-])C1. The van der Waals surface area contributed by atoms with E-state index in [-0.39, 0.29) is 48.1 Å². The van der Waals surface area contributed by atoms with E-state index in [9.17, 15) is 24.5 Å². The van der Waals surface area contributed by atoms with E-state index in [4.69, 9.17) is 16.3 Å². The van der Waals surface area contributed by atoms with Gasteiger partial charge in [0.25, 0.3) is 11.6 Å². The topological polar surface area (TPSA) is 110 Å². The van der Waals surface area contributed by atoms with Crippen LogP contribution in [0.1, 0.15) is 30.1 Å². The fraction of sp³-hybridized carbons (Fsp3) is 0.500. The molecule has 0 bridgehead atoms. The quantitative estimate of drug-likeness (QED) is 0.403. The molecule has 152 valence electrons. The molecule has 1 aromatic carbocycles. The molecule has 1 heterocycles. The third-order valence-corrected chi connectivity index (χ3v) is 4.74. The van der Waals surface area contributed by atoms with Crippen molar-refractivity contribution in [1.29, 1.82) is 0 Å². The summed E-state index contributed by atoms with van der Waals surface area (Å²) >= 11 is 5.76. The van der Waals surface area contributed by atoms with Crippen molar-refractivity contribution in [2.75, 3.05) is 33.3 Å². The van der Waals surface area contributed by atoms with Gasteiger partial charge >= 0.3 is 5.97 Å². The zero-order chi connectivity index (χ0) is 20.8. The summed E-state index contributed by atoms with van der Waals surface area (Å²) in [4.78, 5) is 50.2. The fourth-order valence-electron chi connectivity index (χ4n) is 3.07. The van der Waals surface area contributed by atoms with Crippen molar-refractivity contribution in [3.63, 3.8) is 0 Å². The van der Waals surface area contributed by atoms with E-state index in [1.54, 1.807) is 6.92 Å². The Balaban J connectivity index is 2.05. The number of nitro groups is 1. The van der Waals surface area contributed by atoms with Crippen LogP contribution in [0, 0.1) is 16.0 Å². The van der Waals surface area contributed by atoms with Gasteiger partial charge in [-0.1, -0.05) is 11.6 Å². The molecule has 2 rings (SSSR count). The lowest BCUT2D eigenvalue weighted by Gasteiger charge is -2.32. The highest BCUT2D eigenvalue weighted by Crippen LogP contribution is 2.24. The minimum atomic E-state index is -0.691. The molecule has 28 heavy (non-hydrogen) atoms. The van der Waals surface area contributed by atoms with Gasteiger partial charge in [0.2, 0.25) is 5.91 Å². The predicted octanol–water partition coefficient (Wildman–Crippen LogP) is 2.12. The average molecular weight is 412 g/mol. The summed E-state index contributed by atoms with van der Waals surface area (Å²) in [6.07, 6.45) is 1.31. The summed E-state index contributed by atoms with van der Waals surface area (Å²) in [5.74, 6) is -1.70. The second-order valence-electron chi connectivity index (χ2n) is 6.51. The van der Waals surface area contributed by atoms with Crippen molar-refractivity contribution >= 4 is 35.1 Å². The standard InChI is InChI=1S/C18H22ClN3O6/c1-3-28-18(25)12-5-4-8-21(10-12)16(23)11-20(2)17(24)14-7-6-13(19)9-15(14)22(26)27/h6-7,9,12H,3-5,8,10-11H2,1-2H3. The summed E-state index contributed by atoms with van der Waals surface area (Å²) in [6, 6.07) is 3.74. The number of piperidine rings is 1. The van der Waals surface area contributed by atoms with Crippen LogP contribution in [0.4, 0.5) is 5.69 Å². The van der Waals surface area contributed by atoms with Crippen LogP contribution in [0.2, 0.25) is 5.02 Å². The lowest BCUT2D eigenvalue weighted by atomic mass is 9.98. The van der Waals surface area contributed by atoms with E-state index in [0.717, 1.165) is 11.0 Å².